The number of rotatable bonds is 4. The minimum absolute atomic E-state index is 0. The molecule has 1 aliphatic rings. The second kappa shape index (κ2) is 8.62. The Morgan fingerprint density at radius 2 is 2.14 bits per heavy atom. The van der Waals surface area contributed by atoms with Gasteiger partial charge in [-0.1, -0.05) is 0 Å². The number of anilines is 2. The zero-order valence-electron chi connectivity index (χ0n) is 16.5. The van der Waals surface area contributed by atoms with E-state index in [0.717, 1.165) is 36.8 Å². The topological polar surface area (TPSA) is 96.7 Å². The number of hydrogen-bond donors (Lipinski definition) is 2. The number of hydrogen-bond acceptors (Lipinski definition) is 7. The number of carbonyl (C=O) groups excluding carboxylic acids is 1. The van der Waals surface area contributed by atoms with Gasteiger partial charge in [0.25, 0.3) is 5.91 Å². The van der Waals surface area contributed by atoms with E-state index in [4.69, 9.17) is 4.74 Å². The molecule has 1 atom stereocenters. The van der Waals surface area contributed by atoms with Crippen molar-refractivity contribution in [2.24, 2.45) is 0 Å². The summed E-state index contributed by atoms with van der Waals surface area (Å²) in [4.78, 5) is 28.1. The number of piperazine rings is 1. The molecule has 2 N–H and O–H groups in total. The molecule has 9 nitrogen and oxygen atoms in total. The summed E-state index contributed by atoms with van der Waals surface area (Å²) in [5.74, 6) is 1.33. The van der Waals surface area contributed by atoms with E-state index in [1.54, 1.807) is 29.1 Å². The number of pyridine rings is 1. The van der Waals surface area contributed by atoms with E-state index in [2.05, 4.69) is 37.4 Å². The summed E-state index contributed by atoms with van der Waals surface area (Å²) in [6.07, 6.45) is 6.82. The number of aryl methyl sites for hydroxylation is 1. The molecule has 0 aromatic carbocycles. The van der Waals surface area contributed by atoms with E-state index in [-0.39, 0.29) is 18.3 Å². The van der Waals surface area contributed by atoms with Gasteiger partial charge in [0.05, 0.1) is 30.8 Å². The second-order valence-corrected chi connectivity index (χ2v) is 6.92. The van der Waals surface area contributed by atoms with Gasteiger partial charge < -0.3 is 24.7 Å². The molecule has 0 aliphatic carbocycles. The molecule has 10 heteroatoms. The average molecular weight is 418 g/mol. The molecule has 1 saturated heterocycles. The molecule has 4 rings (SSSR count). The summed E-state index contributed by atoms with van der Waals surface area (Å²) in [6, 6.07) is 2.14. The van der Waals surface area contributed by atoms with Crippen LogP contribution in [0.1, 0.15) is 23.0 Å². The summed E-state index contributed by atoms with van der Waals surface area (Å²) >= 11 is 0. The lowest BCUT2D eigenvalue weighted by Crippen LogP contribution is -2.49. The molecule has 29 heavy (non-hydrogen) atoms. The Labute approximate surface area is 174 Å². The van der Waals surface area contributed by atoms with Crippen molar-refractivity contribution in [3.05, 3.63) is 42.1 Å². The largest absolute Gasteiger partial charge is 0.496 e. The first-order valence-corrected chi connectivity index (χ1v) is 9.18. The molecule has 4 heterocycles. The first kappa shape index (κ1) is 20.8. The van der Waals surface area contributed by atoms with Crippen molar-refractivity contribution in [2.45, 2.75) is 19.9 Å². The van der Waals surface area contributed by atoms with E-state index >= 15 is 0 Å². The minimum atomic E-state index is -0.317. The number of imidazole rings is 1. The monoisotopic (exact) mass is 417 g/mol. The second-order valence-electron chi connectivity index (χ2n) is 6.92. The van der Waals surface area contributed by atoms with E-state index < -0.39 is 0 Å². The third kappa shape index (κ3) is 4.41. The number of fused-ring (bicyclic) bond motifs is 1. The summed E-state index contributed by atoms with van der Waals surface area (Å²) in [7, 11) is 1.53. The van der Waals surface area contributed by atoms with Crippen LogP contribution in [0.15, 0.2) is 30.9 Å². The van der Waals surface area contributed by atoms with Gasteiger partial charge in [0.2, 0.25) is 0 Å². The number of nitrogens with one attached hydrogen (secondary N) is 2. The van der Waals surface area contributed by atoms with Gasteiger partial charge in [-0.3, -0.25) is 4.79 Å². The molecule has 0 spiro atoms. The van der Waals surface area contributed by atoms with Crippen LogP contribution in [0.2, 0.25) is 0 Å². The van der Waals surface area contributed by atoms with Crippen LogP contribution in [-0.4, -0.2) is 58.0 Å². The SMILES string of the molecule is COc1cc2nc(C)cn2cc1C(=O)Nc1cnc(N2CCNC(C)C2)cn1.Cl. The maximum atomic E-state index is 12.8. The molecule has 154 valence electrons. The van der Waals surface area contributed by atoms with Crippen molar-refractivity contribution < 1.29 is 9.53 Å². The normalized spacial score (nSPS) is 16.4. The zero-order chi connectivity index (χ0) is 19.7. The summed E-state index contributed by atoms with van der Waals surface area (Å²) < 4.78 is 7.17. The fourth-order valence-corrected chi connectivity index (χ4v) is 3.36. The van der Waals surface area contributed by atoms with Crippen LogP contribution in [0, 0.1) is 6.92 Å². The molecule has 1 unspecified atom stereocenters. The lowest BCUT2D eigenvalue weighted by atomic mass is 10.2. The van der Waals surface area contributed by atoms with Crippen LogP contribution < -0.4 is 20.3 Å². The predicted octanol–water partition coefficient (Wildman–Crippen LogP) is 1.91. The fourth-order valence-electron chi connectivity index (χ4n) is 3.36. The Morgan fingerprint density at radius 1 is 1.31 bits per heavy atom. The van der Waals surface area contributed by atoms with Crippen LogP contribution >= 0.6 is 12.4 Å². The third-order valence-electron chi connectivity index (χ3n) is 4.71. The van der Waals surface area contributed by atoms with Crippen molar-refractivity contribution in [1.29, 1.82) is 0 Å². The standard InChI is InChI=1S/C19H23N7O2.ClH/c1-12-9-25(5-4-20-12)18-8-21-16(7-22-18)24-19(27)14-11-26-10-13(2)23-17(26)6-15(14)28-3;/h6-8,10-12,20H,4-5,9H2,1-3H3,(H,21,24,27);1H. The molecule has 1 aliphatic heterocycles. The highest BCUT2D eigenvalue weighted by Gasteiger charge is 2.18. The van der Waals surface area contributed by atoms with Gasteiger partial charge in [-0.25, -0.2) is 15.0 Å². The van der Waals surface area contributed by atoms with E-state index in [0.29, 0.717) is 23.2 Å². The predicted molar refractivity (Wildman–Crippen MR) is 113 cm³/mol. The van der Waals surface area contributed by atoms with Crippen LogP contribution in [0.5, 0.6) is 5.75 Å². The maximum Gasteiger partial charge on any atom is 0.262 e. The quantitative estimate of drug-likeness (QED) is 0.669. The Morgan fingerprint density at radius 3 is 2.83 bits per heavy atom. The van der Waals surface area contributed by atoms with Crippen molar-refractivity contribution >= 4 is 35.6 Å². The highest BCUT2D eigenvalue weighted by atomic mass is 35.5. The number of amides is 1. The average Bonchev–Trinajstić information content (AvgIpc) is 3.06. The van der Waals surface area contributed by atoms with E-state index in [1.807, 2.05) is 13.1 Å². The zero-order valence-corrected chi connectivity index (χ0v) is 17.4. The van der Waals surface area contributed by atoms with Gasteiger partial charge in [-0.15, -0.1) is 12.4 Å². The highest BCUT2D eigenvalue weighted by Crippen LogP contribution is 2.22. The summed E-state index contributed by atoms with van der Waals surface area (Å²) in [5, 5.41) is 6.18. The molecule has 3 aromatic rings. The fraction of sp³-hybridized carbons (Fsp3) is 0.368. The number of methoxy groups -OCH3 is 1. The first-order valence-electron chi connectivity index (χ1n) is 9.18. The molecule has 1 amide bonds. The molecular weight excluding hydrogens is 394 g/mol. The number of aromatic nitrogens is 4. The maximum absolute atomic E-state index is 12.8. The summed E-state index contributed by atoms with van der Waals surface area (Å²) in [6.45, 7) is 6.71. The van der Waals surface area contributed by atoms with Crippen molar-refractivity contribution in [3.8, 4) is 5.75 Å². The van der Waals surface area contributed by atoms with Gasteiger partial charge >= 0.3 is 0 Å². The van der Waals surface area contributed by atoms with Crippen LogP contribution in [-0.2, 0) is 0 Å². The number of carbonyl (C=O) groups is 1. The van der Waals surface area contributed by atoms with Crippen LogP contribution in [0.4, 0.5) is 11.6 Å². The molecule has 1 fully saturated rings. The van der Waals surface area contributed by atoms with Crippen molar-refractivity contribution in [1.82, 2.24) is 24.7 Å². The third-order valence-corrected chi connectivity index (χ3v) is 4.71. The van der Waals surface area contributed by atoms with Crippen molar-refractivity contribution in [2.75, 3.05) is 37.0 Å². The Kier molecular flexibility index (Phi) is 6.19. The van der Waals surface area contributed by atoms with E-state index in [9.17, 15) is 4.79 Å². The van der Waals surface area contributed by atoms with E-state index in [1.165, 1.54) is 7.11 Å². The minimum Gasteiger partial charge on any atom is -0.496 e. The van der Waals surface area contributed by atoms with Gasteiger partial charge in [-0.05, 0) is 13.8 Å². The molecular formula is C19H24ClN7O2. The Bertz CT molecular complexity index is 1010. The van der Waals surface area contributed by atoms with Gasteiger partial charge in [0.1, 0.15) is 17.2 Å². The Balaban J connectivity index is 0.00000240. The first-order chi connectivity index (χ1) is 13.5. The number of ether oxygens (including phenoxy) is 1. The molecule has 3 aromatic heterocycles. The molecule has 0 bridgehead atoms. The lowest BCUT2D eigenvalue weighted by Gasteiger charge is -2.32. The Hall–Kier alpha value is -2.91. The lowest BCUT2D eigenvalue weighted by molar-refractivity contribution is 0.102. The molecule has 0 saturated carbocycles. The van der Waals surface area contributed by atoms with Gasteiger partial charge in [0.15, 0.2) is 5.82 Å². The highest BCUT2D eigenvalue weighted by molar-refractivity contribution is 6.05. The molecule has 0 radical (unpaired) electrons. The van der Waals surface area contributed by atoms with Crippen LogP contribution in [0.25, 0.3) is 5.65 Å². The smallest absolute Gasteiger partial charge is 0.262 e. The number of halogens is 1. The van der Waals surface area contributed by atoms with Gasteiger partial charge in [-0.2, -0.15) is 0 Å². The van der Waals surface area contributed by atoms with Crippen molar-refractivity contribution in [3.63, 3.8) is 0 Å². The number of nitrogens with zero attached hydrogens (tertiary/aromatic N) is 5. The van der Waals surface area contributed by atoms with Gasteiger partial charge in [0, 0.05) is 44.1 Å². The summed E-state index contributed by atoms with van der Waals surface area (Å²) in [5.41, 5.74) is 1.98. The van der Waals surface area contributed by atoms with Crippen LogP contribution in [0.3, 0.4) is 0 Å².